The van der Waals surface area contributed by atoms with Crippen LogP contribution < -0.4 is 0 Å². The van der Waals surface area contributed by atoms with E-state index in [1.54, 1.807) is 6.92 Å². The van der Waals surface area contributed by atoms with E-state index < -0.39 is 0 Å². The van der Waals surface area contributed by atoms with Crippen LogP contribution in [-0.4, -0.2) is 23.7 Å². The summed E-state index contributed by atoms with van der Waals surface area (Å²) in [5, 5.41) is 0. The van der Waals surface area contributed by atoms with Crippen molar-refractivity contribution >= 4 is 12.6 Å². The molecule has 0 aliphatic heterocycles. The minimum absolute atomic E-state index is 0.0576. The summed E-state index contributed by atoms with van der Waals surface area (Å²) < 4.78 is 1.32. The van der Waals surface area contributed by atoms with Gasteiger partial charge in [-0.1, -0.05) is 0 Å². The largest absolute Gasteiger partial charge is 0.384 e. The molecule has 0 spiro atoms. The van der Waals surface area contributed by atoms with Gasteiger partial charge in [0.2, 0.25) is 6.54 Å². The van der Waals surface area contributed by atoms with E-state index in [1.165, 1.54) is 11.5 Å². The minimum Gasteiger partial charge on any atom is -0.220 e. The average Bonchev–Trinajstić information content (AvgIpc) is 1.82. The second kappa shape index (κ2) is 3.85. The summed E-state index contributed by atoms with van der Waals surface area (Å²) in [5.74, 6) is 5.33. The lowest BCUT2D eigenvalue weighted by Crippen LogP contribution is -2.15. The van der Waals surface area contributed by atoms with Gasteiger partial charge in [0.25, 0.3) is 0 Å². The van der Waals surface area contributed by atoms with E-state index in [1.807, 2.05) is 0 Å². The van der Waals surface area contributed by atoms with Gasteiger partial charge in [-0.25, -0.2) is 4.79 Å². The van der Waals surface area contributed by atoms with Crippen molar-refractivity contribution in [2.24, 2.45) is 0 Å². The Balaban J connectivity index is 3.74. The first-order chi connectivity index (χ1) is 4.18. The fourth-order valence-electron chi connectivity index (χ4n) is 0.286. The van der Waals surface area contributed by atoms with Gasteiger partial charge in [-0.05, 0) is 12.8 Å². The van der Waals surface area contributed by atoms with Gasteiger partial charge in [0.1, 0.15) is 6.72 Å². The van der Waals surface area contributed by atoms with Crippen LogP contribution >= 0.6 is 0 Å². The van der Waals surface area contributed by atoms with Crippen LogP contribution in [0.15, 0.2) is 0 Å². The SMILES string of the molecule is C=[N+](CC#CC)C(C)=O. The first-order valence-electron chi connectivity index (χ1n) is 2.66. The average molecular weight is 124 g/mol. The lowest BCUT2D eigenvalue weighted by atomic mass is 10.5. The molecule has 0 aromatic heterocycles. The molecule has 0 aromatic rings. The van der Waals surface area contributed by atoms with Crippen LogP contribution in [0, 0.1) is 11.8 Å². The van der Waals surface area contributed by atoms with Crippen molar-refractivity contribution in [3.63, 3.8) is 0 Å². The number of rotatable bonds is 1. The smallest absolute Gasteiger partial charge is 0.220 e. The lowest BCUT2D eigenvalue weighted by molar-refractivity contribution is -0.426. The standard InChI is InChI=1S/C7H10NO/c1-4-5-6-8(3)7(2)9/h3,6H2,1-2H3/q+1. The maximum Gasteiger partial charge on any atom is 0.384 e. The van der Waals surface area contributed by atoms with Crippen LogP contribution in [0.3, 0.4) is 0 Å². The quantitative estimate of drug-likeness (QED) is 0.279. The molecule has 2 heteroatoms. The van der Waals surface area contributed by atoms with Gasteiger partial charge in [-0.15, -0.1) is 5.92 Å². The van der Waals surface area contributed by atoms with Gasteiger partial charge in [0.05, 0.1) is 6.92 Å². The topological polar surface area (TPSA) is 20.1 Å². The van der Waals surface area contributed by atoms with Gasteiger partial charge in [0.15, 0.2) is 0 Å². The summed E-state index contributed by atoms with van der Waals surface area (Å²) >= 11 is 0. The molecule has 0 saturated heterocycles. The van der Waals surface area contributed by atoms with E-state index in [9.17, 15) is 4.79 Å². The maximum atomic E-state index is 10.4. The number of nitrogens with zero attached hydrogens (tertiary/aromatic N) is 1. The van der Waals surface area contributed by atoms with E-state index >= 15 is 0 Å². The van der Waals surface area contributed by atoms with Crippen LogP contribution in [-0.2, 0) is 4.79 Å². The van der Waals surface area contributed by atoms with Crippen LogP contribution in [0.1, 0.15) is 13.8 Å². The van der Waals surface area contributed by atoms with Gasteiger partial charge < -0.3 is 0 Å². The van der Waals surface area contributed by atoms with Crippen LogP contribution in [0.5, 0.6) is 0 Å². The first kappa shape index (κ1) is 7.90. The van der Waals surface area contributed by atoms with Gasteiger partial charge >= 0.3 is 5.91 Å². The molecule has 0 heterocycles. The summed E-state index contributed by atoms with van der Waals surface area (Å²) in [5.41, 5.74) is 0. The highest BCUT2D eigenvalue weighted by Crippen LogP contribution is 1.70. The summed E-state index contributed by atoms with van der Waals surface area (Å²) in [6.07, 6.45) is 0. The second-order valence-corrected chi connectivity index (χ2v) is 1.64. The third-order valence-electron chi connectivity index (χ3n) is 0.892. The Morgan fingerprint density at radius 2 is 2.33 bits per heavy atom. The van der Waals surface area contributed by atoms with Crippen LogP contribution in [0.25, 0.3) is 0 Å². The molecule has 0 aliphatic carbocycles. The zero-order chi connectivity index (χ0) is 7.28. The van der Waals surface area contributed by atoms with Crippen molar-refractivity contribution in [3.8, 4) is 11.8 Å². The Morgan fingerprint density at radius 3 is 2.67 bits per heavy atom. The summed E-state index contributed by atoms with van der Waals surface area (Å²) in [4.78, 5) is 10.4. The number of amides is 1. The molecule has 0 atom stereocenters. The molecule has 0 aromatic carbocycles. The Labute approximate surface area is 55.2 Å². The number of carbonyl (C=O) groups excluding carboxylic acids is 1. The molecular formula is C7H10NO+. The molecule has 0 fully saturated rings. The highest BCUT2D eigenvalue weighted by Gasteiger charge is 2.02. The monoisotopic (exact) mass is 124 g/mol. The summed E-state index contributed by atoms with van der Waals surface area (Å²) in [6, 6.07) is 0. The van der Waals surface area contributed by atoms with Gasteiger partial charge in [-0.2, -0.15) is 4.58 Å². The predicted octanol–water partition coefficient (Wildman–Crippen LogP) is 0.269. The van der Waals surface area contributed by atoms with Gasteiger partial charge in [0, 0.05) is 0 Å². The molecule has 48 valence electrons. The molecule has 0 aliphatic rings. The number of hydrogen-bond acceptors (Lipinski definition) is 1. The predicted molar refractivity (Wildman–Crippen MR) is 36.4 cm³/mol. The van der Waals surface area contributed by atoms with Crippen molar-refractivity contribution in [1.29, 1.82) is 0 Å². The fourth-order valence-corrected chi connectivity index (χ4v) is 0.286. The Hall–Kier alpha value is -1.10. The molecule has 0 saturated carbocycles. The highest BCUT2D eigenvalue weighted by atomic mass is 16.1. The molecule has 0 rings (SSSR count). The van der Waals surface area contributed by atoms with Crippen molar-refractivity contribution in [2.45, 2.75) is 13.8 Å². The van der Waals surface area contributed by atoms with E-state index in [-0.39, 0.29) is 5.91 Å². The van der Waals surface area contributed by atoms with Crippen LogP contribution in [0.4, 0.5) is 0 Å². The molecule has 0 bridgehead atoms. The number of hydrogen-bond donors (Lipinski definition) is 0. The van der Waals surface area contributed by atoms with E-state index in [4.69, 9.17) is 0 Å². The van der Waals surface area contributed by atoms with Gasteiger partial charge in [-0.3, -0.25) is 0 Å². The maximum absolute atomic E-state index is 10.4. The Morgan fingerprint density at radius 1 is 1.78 bits per heavy atom. The molecule has 9 heavy (non-hydrogen) atoms. The third kappa shape index (κ3) is 3.48. The van der Waals surface area contributed by atoms with Crippen molar-refractivity contribution in [3.05, 3.63) is 0 Å². The summed E-state index contributed by atoms with van der Waals surface area (Å²) in [7, 11) is 0. The molecule has 2 nitrogen and oxygen atoms in total. The van der Waals surface area contributed by atoms with E-state index in [2.05, 4.69) is 18.6 Å². The minimum atomic E-state index is -0.0576. The van der Waals surface area contributed by atoms with Crippen LogP contribution in [0.2, 0.25) is 0 Å². The lowest BCUT2D eigenvalue weighted by Gasteiger charge is -1.84. The summed E-state index contributed by atoms with van der Waals surface area (Å²) in [6.45, 7) is 7.07. The van der Waals surface area contributed by atoms with Crippen molar-refractivity contribution < 1.29 is 9.37 Å². The molecule has 0 radical (unpaired) electrons. The van der Waals surface area contributed by atoms with Crippen molar-refractivity contribution in [1.82, 2.24) is 0 Å². The fraction of sp³-hybridized carbons (Fsp3) is 0.429. The normalized spacial score (nSPS) is 7.33. The van der Waals surface area contributed by atoms with E-state index in [0.717, 1.165) is 0 Å². The zero-order valence-corrected chi connectivity index (χ0v) is 5.77. The van der Waals surface area contributed by atoms with Crippen molar-refractivity contribution in [2.75, 3.05) is 6.54 Å². The highest BCUT2D eigenvalue weighted by molar-refractivity contribution is 5.65. The zero-order valence-electron chi connectivity index (χ0n) is 5.77. The Kier molecular flexibility index (Phi) is 3.38. The Bertz CT molecular complexity index is 183. The molecule has 0 unspecified atom stereocenters. The molecule has 1 amide bonds. The first-order valence-corrected chi connectivity index (χ1v) is 2.66. The second-order valence-electron chi connectivity index (χ2n) is 1.64. The van der Waals surface area contributed by atoms with E-state index in [0.29, 0.717) is 6.54 Å². The molecular weight excluding hydrogens is 114 g/mol. The number of carbonyl (C=O) groups is 1. The third-order valence-corrected chi connectivity index (χ3v) is 0.892. The molecule has 0 N–H and O–H groups in total.